The zero-order valence-corrected chi connectivity index (χ0v) is 12.3. The van der Waals surface area contributed by atoms with Gasteiger partial charge in [0.1, 0.15) is 9.97 Å². The summed E-state index contributed by atoms with van der Waals surface area (Å²) < 4.78 is 31.3. The number of thiophene rings is 1. The van der Waals surface area contributed by atoms with Gasteiger partial charge in [-0.25, -0.2) is 8.42 Å². The SMILES string of the molecule is Cc1cc(S(=O)(=O)N(C)Cc2ccco2)sc1CO. The molecule has 0 fully saturated rings. The van der Waals surface area contributed by atoms with Gasteiger partial charge in [0, 0.05) is 11.9 Å². The van der Waals surface area contributed by atoms with E-state index in [0.717, 1.165) is 16.9 Å². The highest BCUT2D eigenvalue weighted by Gasteiger charge is 2.24. The van der Waals surface area contributed by atoms with Gasteiger partial charge >= 0.3 is 0 Å². The van der Waals surface area contributed by atoms with Crippen molar-refractivity contribution in [3.05, 3.63) is 40.7 Å². The molecule has 104 valence electrons. The molecule has 0 atom stereocenters. The molecule has 5 nitrogen and oxygen atoms in total. The van der Waals surface area contributed by atoms with Crippen molar-refractivity contribution < 1.29 is 17.9 Å². The van der Waals surface area contributed by atoms with Crippen LogP contribution in [0.25, 0.3) is 0 Å². The summed E-state index contributed by atoms with van der Waals surface area (Å²) in [6.45, 7) is 1.82. The third kappa shape index (κ3) is 2.89. The molecule has 0 aliphatic heterocycles. The summed E-state index contributed by atoms with van der Waals surface area (Å²) in [5.41, 5.74) is 0.789. The maximum Gasteiger partial charge on any atom is 0.252 e. The van der Waals surface area contributed by atoms with Gasteiger partial charge in [0.2, 0.25) is 0 Å². The van der Waals surface area contributed by atoms with Gasteiger partial charge in [0.05, 0.1) is 19.4 Å². The Kier molecular flexibility index (Phi) is 4.10. The van der Waals surface area contributed by atoms with Crippen molar-refractivity contribution >= 4 is 21.4 Å². The number of aliphatic hydroxyl groups is 1. The smallest absolute Gasteiger partial charge is 0.252 e. The summed E-state index contributed by atoms with van der Waals surface area (Å²) in [6, 6.07) is 5.03. The molecule has 0 unspecified atom stereocenters. The quantitative estimate of drug-likeness (QED) is 0.916. The van der Waals surface area contributed by atoms with Gasteiger partial charge in [0.15, 0.2) is 0 Å². The van der Waals surface area contributed by atoms with Crippen LogP contribution in [0, 0.1) is 6.92 Å². The lowest BCUT2D eigenvalue weighted by Gasteiger charge is -2.14. The predicted octanol–water partition coefficient (Wildman–Crippen LogP) is 1.96. The van der Waals surface area contributed by atoms with Crippen molar-refractivity contribution in [3.63, 3.8) is 0 Å². The molecule has 0 aliphatic carbocycles. The van der Waals surface area contributed by atoms with E-state index in [1.165, 1.54) is 17.6 Å². The molecule has 1 N–H and O–H groups in total. The van der Waals surface area contributed by atoms with Crippen molar-refractivity contribution in [2.75, 3.05) is 7.05 Å². The molecule has 2 aromatic rings. The molecule has 2 rings (SSSR count). The van der Waals surface area contributed by atoms with Crippen molar-refractivity contribution in [3.8, 4) is 0 Å². The Morgan fingerprint density at radius 2 is 2.21 bits per heavy atom. The number of aliphatic hydroxyl groups excluding tert-OH is 1. The normalized spacial score (nSPS) is 12.2. The summed E-state index contributed by atoms with van der Waals surface area (Å²) in [5, 5.41) is 9.13. The van der Waals surface area contributed by atoms with Gasteiger partial charge in [0.25, 0.3) is 10.0 Å². The second-order valence-electron chi connectivity index (χ2n) is 4.17. The lowest BCUT2D eigenvalue weighted by atomic mass is 10.3. The highest BCUT2D eigenvalue weighted by atomic mass is 32.2. The van der Waals surface area contributed by atoms with Crippen LogP contribution in [0.15, 0.2) is 33.1 Å². The molecule has 0 aromatic carbocycles. The largest absolute Gasteiger partial charge is 0.468 e. The minimum Gasteiger partial charge on any atom is -0.468 e. The van der Waals surface area contributed by atoms with Gasteiger partial charge in [-0.15, -0.1) is 11.3 Å². The fraction of sp³-hybridized carbons (Fsp3) is 0.333. The van der Waals surface area contributed by atoms with Gasteiger partial charge in [-0.3, -0.25) is 0 Å². The maximum atomic E-state index is 12.4. The number of rotatable bonds is 5. The van der Waals surface area contributed by atoms with E-state index in [2.05, 4.69) is 0 Å². The molecule has 0 amide bonds. The highest BCUT2D eigenvalue weighted by molar-refractivity contribution is 7.91. The number of hydrogen-bond donors (Lipinski definition) is 1. The first kappa shape index (κ1) is 14.3. The van der Waals surface area contributed by atoms with Crippen LogP contribution in [0.2, 0.25) is 0 Å². The summed E-state index contributed by atoms with van der Waals surface area (Å²) >= 11 is 1.10. The van der Waals surface area contributed by atoms with Crippen LogP contribution in [0.4, 0.5) is 0 Å². The average Bonchev–Trinajstić information content (AvgIpc) is 2.98. The monoisotopic (exact) mass is 301 g/mol. The fourth-order valence-electron chi connectivity index (χ4n) is 1.63. The first-order chi connectivity index (χ1) is 8.95. The zero-order chi connectivity index (χ0) is 14.0. The summed E-state index contributed by atoms with van der Waals surface area (Å²) in [5.74, 6) is 0.585. The van der Waals surface area contributed by atoms with Gasteiger partial charge in [-0.2, -0.15) is 4.31 Å². The Balaban J connectivity index is 2.25. The van der Waals surface area contributed by atoms with Crippen molar-refractivity contribution in [1.29, 1.82) is 0 Å². The lowest BCUT2D eigenvalue weighted by Crippen LogP contribution is -2.25. The number of nitrogens with zero attached hydrogens (tertiary/aromatic N) is 1. The van der Waals surface area contributed by atoms with E-state index < -0.39 is 10.0 Å². The number of sulfonamides is 1. The average molecular weight is 301 g/mol. The van der Waals surface area contributed by atoms with E-state index in [1.54, 1.807) is 25.1 Å². The summed E-state index contributed by atoms with van der Waals surface area (Å²) in [6.07, 6.45) is 1.51. The van der Waals surface area contributed by atoms with Crippen LogP contribution in [0.1, 0.15) is 16.2 Å². The Hall–Kier alpha value is -1.15. The molecule has 2 heterocycles. The minimum atomic E-state index is -3.55. The number of furan rings is 1. The molecular weight excluding hydrogens is 286 g/mol. The van der Waals surface area contributed by atoms with Gasteiger partial charge in [-0.05, 0) is 30.7 Å². The molecule has 0 bridgehead atoms. The van der Waals surface area contributed by atoms with Crippen LogP contribution in [0.3, 0.4) is 0 Å². The van der Waals surface area contributed by atoms with Crippen LogP contribution in [0.5, 0.6) is 0 Å². The van der Waals surface area contributed by atoms with Crippen molar-refractivity contribution in [2.45, 2.75) is 24.3 Å². The molecule has 0 saturated carbocycles. The number of hydrogen-bond acceptors (Lipinski definition) is 5. The van der Waals surface area contributed by atoms with E-state index in [9.17, 15) is 8.42 Å². The molecule has 0 saturated heterocycles. The first-order valence-electron chi connectivity index (χ1n) is 5.64. The minimum absolute atomic E-state index is 0.145. The molecule has 0 aliphatic rings. The van der Waals surface area contributed by atoms with Crippen LogP contribution < -0.4 is 0 Å². The van der Waals surface area contributed by atoms with E-state index in [4.69, 9.17) is 9.52 Å². The third-order valence-corrected chi connectivity index (χ3v) is 6.24. The third-order valence-electron chi connectivity index (χ3n) is 2.76. The second-order valence-corrected chi connectivity index (χ2v) is 7.58. The molecular formula is C12H15NO4S2. The maximum absolute atomic E-state index is 12.4. The van der Waals surface area contributed by atoms with Crippen LogP contribution in [-0.4, -0.2) is 24.9 Å². The molecule has 19 heavy (non-hydrogen) atoms. The van der Waals surface area contributed by atoms with Gasteiger partial charge in [-0.1, -0.05) is 0 Å². The summed E-state index contributed by atoms with van der Waals surface area (Å²) in [7, 11) is -2.04. The van der Waals surface area contributed by atoms with Crippen LogP contribution in [-0.2, 0) is 23.2 Å². The molecule has 2 aromatic heterocycles. The summed E-state index contributed by atoms with van der Waals surface area (Å²) in [4.78, 5) is 0.671. The fourth-order valence-corrected chi connectivity index (χ4v) is 4.43. The first-order valence-corrected chi connectivity index (χ1v) is 7.89. The zero-order valence-electron chi connectivity index (χ0n) is 10.7. The topological polar surface area (TPSA) is 70.8 Å². The van der Waals surface area contributed by atoms with Crippen LogP contribution >= 0.6 is 11.3 Å². The Morgan fingerprint density at radius 1 is 1.47 bits per heavy atom. The van der Waals surface area contributed by atoms with Crippen molar-refractivity contribution in [2.24, 2.45) is 0 Å². The predicted molar refractivity (Wildman–Crippen MR) is 72.3 cm³/mol. The molecule has 0 radical (unpaired) electrons. The second kappa shape index (κ2) is 5.46. The van der Waals surface area contributed by atoms with E-state index in [-0.39, 0.29) is 17.4 Å². The molecule has 0 spiro atoms. The Bertz CT molecular complexity index is 643. The lowest BCUT2D eigenvalue weighted by molar-refractivity contribution is 0.285. The Labute approximate surface area is 116 Å². The Morgan fingerprint density at radius 3 is 2.74 bits per heavy atom. The standard InChI is InChI=1S/C12H15NO4S2/c1-9-6-12(18-11(9)8-14)19(15,16)13(2)7-10-4-3-5-17-10/h3-6,14H,7-8H2,1-2H3. The van der Waals surface area contributed by atoms with E-state index in [1.807, 2.05) is 0 Å². The van der Waals surface area contributed by atoms with E-state index in [0.29, 0.717) is 10.6 Å². The molecule has 7 heteroatoms. The highest BCUT2D eigenvalue weighted by Crippen LogP contribution is 2.28. The number of aryl methyl sites for hydroxylation is 1. The van der Waals surface area contributed by atoms with E-state index >= 15 is 0 Å². The van der Waals surface area contributed by atoms with Crippen molar-refractivity contribution in [1.82, 2.24) is 4.31 Å². The van der Waals surface area contributed by atoms with Gasteiger partial charge < -0.3 is 9.52 Å².